The van der Waals surface area contributed by atoms with Gasteiger partial charge in [0.1, 0.15) is 11.5 Å². The molecule has 1 heterocycles. The van der Waals surface area contributed by atoms with E-state index in [9.17, 15) is 13.2 Å². The van der Waals surface area contributed by atoms with Crippen molar-refractivity contribution >= 4 is 39.0 Å². The van der Waals surface area contributed by atoms with Gasteiger partial charge in [-0.25, -0.2) is 8.42 Å². The number of ether oxygens (including phenoxy) is 1. The maximum absolute atomic E-state index is 12.9. The van der Waals surface area contributed by atoms with Gasteiger partial charge in [-0.05, 0) is 49.1 Å². The first-order valence-corrected chi connectivity index (χ1v) is 11.6. The molecular formula is C21H23Cl2NO4S. The number of carbonyl (C=O) groups excluding carboxylic acids is 1. The summed E-state index contributed by atoms with van der Waals surface area (Å²) in [5.41, 5.74) is 1.00. The molecule has 0 unspecified atom stereocenters. The van der Waals surface area contributed by atoms with Crippen LogP contribution in [0.4, 0.5) is 0 Å². The molecule has 5 nitrogen and oxygen atoms in total. The Kier molecular flexibility index (Phi) is 7.22. The van der Waals surface area contributed by atoms with Crippen molar-refractivity contribution in [2.45, 2.75) is 30.6 Å². The second-order valence-electron chi connectivity index (χ2n) is 7.06. The van der Waals surface area contributed by atoms with E-state index in [2.05, 4.69) is 0 Å². The van der Waals surface area contributed by atoms with Gasteiger partial charge in [-0.1, -0.05) is 41.4 Å². The molecule has 0 spiro atoms. The molecule has 2 aromatic carbocycles. The number of piperidine rings is 1. The van der Waals surface area contributed by atoms with E-state index in [0.717, 1.165) is 11.3 Å². The lowest BCUT2D eigenvalue weighted by atomic mass is 9.90. The number of aryl methyl sites for hydroxylation is 1. The summed E-state index contributed by atoms with van der Waals surface area (Å²) < 4.78 is 32.5. The molecule has 8 heteroatoms. The maximum atomic E-state index is 12.9. The van der Waals surface area contributed by atoms with Gasteiger partial charge in [-0.2, -0.15) is 4.31 Å². The summed E-state index contributed by atoms with van der Waals surface area (Å²) in [6.07, 6.45) is 2.06. The van der Waals surface area contributed by atoms with Gasteiger partial charge in [0.2, 0.25) is 10.0 Å². The Hall–Kier alpha value is -1.60. The van der Waals surface area contributed by atoms with Crippen molar-refractivity contribution in [3.8, 4) is 5.75 Å². The van der Waals surface area contributed by atoms with Crippen LogP contribution < -0.4 is 4.74 Å². The average Bonchev–Trinajstić information content (AvgIpc) is 2.71. The third kappa shape index (κ3) is 5.31. The van der Waals surface area contributed by atoms with E-state index in [0.29, 0.717) is 38.8 Å². The summed E-state index contributed by atoms with van der Waals surface area (Å²) in [7, 11) is -2.07. The van der Waals surface area contributed by atoms with Gasteiger partial charge < -0.3 is 4.74 Å². The lowest BCUT2D eigenvalue weighted by molar-refractivity contribution is -0.123. The minimum absolute atomic E-state index is 0.0796. The number of carbonyl (C=O) groups is 1. The summed E-state index contributed by atoms with van der Waals surface area (Å²) >= 11 is 11.9. The summed E-state index contributed by atoms with van der Waals surface area (Å²) in [6, 6.07) is 11.9. The van der Waals surface area contributed by atoms with Crippen LogP contribution in [0, 0.1) is 5.92 Å². The molecule has 0 bridgehead atoms. The number of rotatable bonds is 7. The van der Waals surface area contributed by atoms with Gasteiger partial charge in [0.05, 0.1) is 12.0 Å². The fraction of sp³-hybridized carbons (Fsp3) is 0.381. The monoisotopic (exact) mass is 455 g/mol. The van der Waals surface area contributed by atoms with Crippen molar-refractivity contribution in [1.29, 1.82) is 0 Å². The molecule has 1 aliphatic heterocycles. The van der Waals surface area contributed by atoms with Crippen LogP contribution in [0.5, 0.6) is 5.75 Å². The van der Waals surface area contributed by atoms with E-state index in [-0.39, 0.29) is 26.6 Å². The standard InChI is InChI=1S/C21H23Cl2NO4S/c1-28-21-5-3-2-4-16(21)6-7-20(25)15-8-10-24(11-9-15)29(26,27)19-13-17(22)12-18(23)14-19/h2-5,12-15H,6-11H2,1H3. The Balaban J connectivity index is 1.59. The van der Waals surface area contributed by atoms with Gasteiger partial charge in [-0.15, -0.1) is 0 Å². The molecule has 0 amide bonds. The first-order chi connectivity index (χ1) is 13.8. The molecule has 1 fully saturated rings. The average molecular weight is 456 g/mol. The highest BCUT2D eigenvalue weighted by Crippen LogP contribution is 2.29. The SMILES string of the molecule is COc1ccccc1CCC(=O)C1CCN(S(=O)(=O)c2cc(Cl)cc(Cl)c2)CC1. The van der Waals surface area contributed by atoms with E-state index in [4.69, 9.17) is 27.9 Å². The van der Waals surface area contributed by atoms with Gasteiger partial charge in [-0.3, -0.25) is 4.79 Å². The number of para-hydroxylation sites is 1. The second-order valence-corrected chi connectivity index (χ2v) is 9.87. The van der Waals surface area contributed by atoms with Crippen LogP contribution in [0.15, 0.2) is 47.4 Å². The van der Waals surface area contributed by atoms with Crippen LogP contribution in [-0.2, 0) is 21.2 Å². The van der Waals surface area contributed by atoms with Crippen LogP contribution in [0.25, 0.3) is 0 Å². The summed E-state index contributed by atoms with van der Waals surface area (Å²) in [4.78, 5) is 12.7. The van der Waals surface area contributed by atoms with Crippen molar-refractivity contribution < 1.29 is 17.9 Å². The number of halogens is 2. The van der Waals surface area contributed by atoms with Crippen molar-refractivity contribution in [3.63, 3.8) is 0 Å². The van der Waals surface area contributed by atoms with Crippen molar-refractivity contribution in [3.05, 3.63) is 58.1 Å². The fourth-order valence-electron chi connectivity index (χ4n) is 3.62. The molecule has 1 aliphatic rings. The minimum atomic E-state index is -3.68. The number of benzene rings is 2. The molecule has 3 rings (SSSR count). The first kappa shape index (κ1) is 22.1. The number of sulfonamides is 1. The van der Waals surface area contributed by atoms with Crippen LogP contribution in [0.3, 0.4) is 0 Å². The number of hydrogen-bond donors (Lipinski definition) is 0. The Morgan fingerprint density at radius 3 is 2.34 bits per heavy atom. The Morgan fingerprint density at radius 1 is 1.10 bits per heavy atom. The highest BCUT2D eigenvalue weighted by atomic mass is 35.5. The van der Waals surface area contributed by atoms with Gasteiger partial charge in [0.25, 0.3) is 0 Å². The van der Waals surface area contributed by atoms with Gasteiger partial charge >= 0.3 is 0 Å². The van der Waals surface area contributed by atoms with Crippen molar-refractivity contribution in [1.82, 2.24) is 4.31 Å². The van der Waals surface area contributed by atoms with Crippen LogP contribution >= 0.6 is 23.2 Å². The molecule has 0 saturated carbocycles. The smallest absolute Gasteiger partial charge is 0.243 e. The molecule has 0 aliphatic carbocycles. The number of ketones is 1. The zero-order valence-corrected chi connectivity index (χ0v) is 18.4. The molecule has 0 aromatic heterocycles. The topological polar surface area (TPSA) is 63.7 Å². The van der Waals surface area contributed by atoms with Crippen molar-refractivity contribution in [2.24, 2.45) is 5.92 Å². The Bertz CT molecular complexity index is 966. The van der Waals surface area contributed by atoms with E-state index in [1.54, 1.807) is 7.11 Å². The van der Waals surface area contributed by atoms with Crippen molar-refractivity contribution in [2.75, 3.05) is 20.2 Å². The second kappa shape index (κ2) is 9.47. The van der Waals surface area contributed by atoms with E-state index < -0.39 is 10.0 Å². The molecule has 156 valence electrons. The predicted octanol–water partition coefficient (Wildman–Crippen LogP) is 4.60. The number of nitrogens with zero attached hydrogens (tertiary/aromatic N) is 1. The zero-order chi connectivity index (χ0) is 21.0. The normalized spacial score (nSPS) is 16.0. The maximum Gasteiger partial charge on any atom is 0.243 e. The number of Topliss-reactive ketones (excluding diaryl/α,β-unsaturated/α-hetero) is 1. The summed E-state index contributed by atoms with van der Waals surface area (Å²) in [5, 5.41) is 0.551. The Labute approximate surface area is 181 Å². The van der Waals surface area contributed by atoms with Crippen LogP contribution in [0.2, 0.25) is 10.0 Å². The fourth-order valence-corrected chi connectivity index (χ4v) is 5.81. The van der Waals surface area contributed by atoms with Gasteiger partial charge in [0, 0.05) is 35.5 Å². The lowest BCUT2D eigenvalue weighted by Crippen LogP contribution is -2.40. The third-order valence-corrected chi connectivity index (χ3v) is 7.53. The van der Waals surface area contributed by atoms with Gasteiger partial charge in [0.15, 0.2) is 0 Å². The molecular weight excluding hydrogens is 433 g/mol. The van der Waals surface area contributed by atoms with E-state index >= 15 is 0 Å². The summed E-state index contributed by atoms with van der Waals surface area (Å²) in [5.74, 6) is 0.819. The molecule has 29 heavy (non-hydrogen) atoms. The molecule has 0 atom stereocenters. The number of hydrogen-bond acceptors (Lipinski definition) is 4. The molecule has 2 aromatic rings. The van der Waals surface area contributed by atoms with Crippen LogP contribution in [0.1, 0.15) is 24.8 Å². The summed E-state index contributed by atoms with van der Waals surface area (Å²) in [6.45, 7) is 0.606. The largest absolute Gasteiger partial charge is 0.496 e. The molecule has 0 radical (unpaired) electrons. The quantitative estimate of drug-likeness (QED) is 0.611. The number of methoxy groups -OCH3 is 1. The van der Waals surface area contributed by atoms with E-state index in [1.165, 1.54) is 22.5 Å². The molecule has 0 N–H and O–H groups in total. The first-order valence-electron chi connectivity index (χ1n) is 9.42. The third-order valence-electron chi connectivity index (χ3n) is 5.22. The molecule has 1 saturated heterocycles. The zero-order valence-electron chi connectivity index (χ0n) is 16.1. The highest BCUT2D eigenvalue weighted by molar-refractivity contribution is 7.89. The lowest BCUT2D eigenvalue weighted by Gasteiger charge is -2.30. The Morgan fingerprint density at radius 2 is 1.72 bits per heavy atom. The van der Waals surface area contributed by atoms with E-state index in [1.807, 2.05) is 24.3 Å². The predicted molar refractivity (Wildman–Crippen MR) is 114 cm³/mol. The minimum Gasteiger partial charge on any atom is -0.496 e. The highest BCUT2D eigenvalue weighted by Gasteiger charge is 2.32. The van der Waals surface area contributed by atoms with Crippen LogP contribution in [-0.4, -0.2) is 38.7 Å².